The Hall–Kier alpha value is -0.0800. The molecule has 0 saturated heterocycles. The Morgan fingerprint density at radius 1 is 0.688 bits per heavy atom. The number of hydrogen-bond acceptors (Lipinski definition) is 2. The highest BCUT2D eigenvalue weighted by atomic mass is 16.3. The Labute approximate surface area is 99.1 Å². The predicted molar refractivity (Wildman–Crippen MR) is 65.0 cm³/mol. The topological polar surface area (TPSA) is 40.5 Å². The average molecular weight is 226 g/mol. The second-order valence-electron chi connectivity index (χ2n) is 6.30. The summed E-state index contributed by atoms with van der Waals surface area (Å²) in [6.07, 6.45) is 6.05. The first-order chi connectivity index (χ1) is 7.58. The molecular formula is C14H26O2. The highest BCUT2D eigenvalue weighted by Gasteiger charge is 2.39. The third-order valence-corrected chi connectivity index (χ3v) is 4.80. The van der Waals surface area contributed by atoms with Gasteiger partial charge in [0.15, 0.2) is 0 Å². The molecule has 6 unspecified atom stereocenters. The van der Waals surface area contributed by atoms with E-state index in [-0.39, 0.29) is 12.2 Å². The molecule has 2 N–H and O–H groups in total. The molecule has 0 aromatic carbocycles. The van der Waals surface area contributed by atoms with E-state index in [1.807, 2.05) is 0 Å². The van der Waals surface area contributed by atoms with Gasteiger partial charge in [0.1, 0.15) is 0 Å². The summed E-state index contributed by atoms with van der Waals surface area (Å²) >= 11 is 0. The summed E-state index contributed by atoms with van der Waals surface area (Å²) in [4.78, 5) is 0. The maximum atomic E-state index is 10.1. The Morgan fingerprint density at radius 3 is 1.44 bits per heavy atom. The molecular weight excluding hydrogens is 200 g/mol. The molecule has 2 nitrogen and oxygen atoms in total. The predicted octanol–water partition coefficient (Wildman–Crippen LogP) is 2.58. The molecule has 6 atom stereocenters. The van der Waals surface area contributed by atoms with Crippen molar-refractivity contribution in [2.75, 3.05) is 0 Å². The van der Waals surface area contributed by atoms with E-state index in [1.165, 1.54) is 0 Å². The van der Waals surface area contributed by atoms with Crippen LogP contribution in [-0.2, 0) is 0 Å². The van der Waals surface area contributed by atoms with Crippen LogP contribution in [0.5, 0.6) is 0 Å². The SMILES string of the molecule is CC1CCC(O)C(C2CC(C)CCC2O)C1. The van der Waals surface area contributed by atoms with Crippen molar-refractivity contribution in [2.24, 2.45) is 23.7 Å². The van der Waals surface area contributed by atoms with Crippen molar-refractivity contribution in [1.82, 2.24) is 0 Å². The lowest BCUT2D eigenvalue weighted by Crippen LogP contribution is -2.42. The largest absolute Gasteiger partial charge is 0.393 e. The molecule has 16 heavy (non-hydrogen) atoms. The molecule has 0 aliphatic heterocycles. The van der Waals surface area contributed by atoms with Gasteiger partial charge in [0.25, 0.3) is 0 Å². The third kappa shape index (κ3) is 2.60. The first-order valence-electron chi connectivity index (χ1n) is 6.94. The van der Waals surface area contributed by atoms with Crippen LogP contribution in [-0.4, -0.2) is 22.4 Å². The second-order valence-corrected chi connectivity index (χ2v) is 6.30. The first kappa shape index (κ1) is 12.4. The van der Waals surface area contributed by atoms with E-state index in [2.05, 4.69) is 13.8 Å². The zero-order valence-corrected chi connectivity index (χ0v) is 10.6. The number of aliphatic hydroxyl groups excluding tert-OH is 2. The molecule has 0 spiro atoms. The van der Waals surface area contributed by atoms with Gasteiger partial charge in [0, 0.05) is 0 Å². The maximum absolute atomic E-state index is 10.1. The fraction of sp³-hybridized carbons (Fsp3) is 1.00. The standard InChI is InChI=1S/C14H26O2/c1-9-3-5-13(15)11(7-9)12-8-10(2)4-6-14(12)16/h9-16H,3-8H2,1-2H3. The smallest absolute Gasteiger partial charge is 0.0572 e. The molecule has 0 aromatic rings. The summed E-state index contributed by atoms with van der Waals surface area (Å²) in [5.41, 5.74) is 0. The molecule has 2 heteroatoms. The molecule has 2 aliphatic carbocycles. The highest BCUT2D eigenvalue weighted by molar-refractivity contribution is 4.89. The van der Waals surface area contributed by atoms with E-state index in [1.54, 1.807) is 0 Å². The second kappa shape index (κ2) is 5.05. The summed E-state index contributed by atoms with van der Waals surface area (Å²) in [7, 11) is 0. The highest BCUT2D eigenvalue weighted by Crippen LogP contribution is 2.41. The molecule has 94 valence electrons. The minimum Gasteiger partial charge on any atom is -0.393 e. The maximum Gasteiger partial charge on any atom is 0.0572 e. The normalized spacial score (nSPS) is 50.2. The molecule has 2 aliphatic rings. The molecule has 2 rings (SSSR count). The molecule has 0 aromatic heterocycles. The Morgan fingerprint density at radius 2 is 1.06 bits per heavy atom. The zero-order chi connectivity index (χ0) is 11.7. The van der Waals surface area contributed by atoms with E-state index in [0.29, 0.717) is 11.8 Å². The van der Waals surface area contributed by atoms with E-state index >= 15 is 0 Å². The monoisotopic (exact) mass is 226 g/mol. The summed E-state index contributed by atoms with van der Waals surface area (Å²) in [6, 6.07) is 0. The summed E-state index contributed by atoms with van der Waals surface area (Å²) in [5.74, 6) is 2.14. The lowest BCUT2D eigenvalue weighted by Gasteiger charge is -2.42. The van der Waals surface area contributed by atoms with Crippen LogP contribution in [0, 0.1) is 23.7 Å². The fourth-order valence-electron chi connectivity index (χ4n) is 3.74. The quantitative estimate of drug-likeness (QED) is 0.721. The molecule has 2 saturated carbocycles. The van der Waals surface area contributed by atoms with Gasteiger partial charge in [0.05, 0.1) is 12.2 Å². The first-order valence-corrected chi connectivity index (χ1v) is 6.94. The fourth-order valence-corrected chi connectivity index (χ4v) is 3.74. The summed E-state index contributed by atoms with van der Waals surface area (Å²) in [5, 5.41) is 20.3. The van der Waals surface area contributed by atoms with Crippen molar-refractivity contribution in [3.05, 3.63) is 0 Å². The third-order valence-electron chi connectivity index (χ3n) is 4.80. The van der Waals surface area contributed by atoms with Crippen LogP contribution in [0.15, 0.2) is 0 Å². The van der Waals surface area contributed by atoms with Crippen LogP contribution in [0.2, 0.25) is 0 Å². The van der Waals surface area contributed by atoms with Gasteiger partial charge in [-0.1, -0.05) is 13.8 Å². The van der Waals surface area contributed by atoms with E-state index < -0.39 is 0 Å². The van der Waals surface area contributed by atoms with Crippen LogP contribution in [0.3, 0.4) is 0 Å². The van der Waals surface area contributed by atoms with Gasteiger partial charge in [-0.15, -0.1) is 0 Å². The number of aliphatic hydroxyl groups is 2. The van der Waals surface area contributed by atoms with Crippen LogP contribution in [0.4, 0.5) is 0 Å². The van der Waals surface area contributed by atoms with Crippen molar-refractivity contribution in [2.45, 2.75) is 64.6 Å². The summed E-state index contributed by atoms with van der Waals surface area (Å²) in [6.45, 7) is 4.55. The van der Waals surface area contributed by atoms with Crippen LogP contribution in [0.25, 0.3) is 0 Å². The van der Waals surface area contributed by atoms with Crippen LogP contribution < -0.4 is 0 Å². The van der Waals surface area contributed by atoms with Gasteiger partial charge in [-0.2, -0.15) is 0 Å². The van der Waals surface area contributed by atoms with Crippen molar-refractivity contribution in [1.29, 1.82) is 0 Å². The van der Waals surface area contributed by atoms with Crippen molar-refractivity contribution in [3.63, 3.8) is 0 Å². The van der Waals surface area contributed by atoms with Crippen molar-refractivity contribution >= 4 is 0 Å². The Bertz CT molecular complexity index is 205. The van der Waals surface area contributed by atoms with E-state index in [9.17, 15) is 10.2 Å². The minimum absolute atomic E-state index is 0.166. The molecule has 0 heterocycles. The lowest BCUT2D eigenvalue weighted by molar-refractivity contribution is -0.0507. The average Bonchev–Trinajstić information content (AvgIpc) is 2.25. The number of rotatable bonds is 1. The van der Waals surface area contributed by atoms with E-state index in [0.717, 1.165) is 50.4 Å². The molecule has 0 amide bonds. The van der Waals surface area contributed by atoms with Crippen LogP contribution >= 0.6 is 0 Å². The van der Waals surface area contributed by atoms with Gasteiger partial charge >= 0.3 is 0 Å². The molecule has 2 fully saturated rings. The number of hydrogen-bond donors (Lipinski definition) is 2. The Kier molecular flexibility index (Phi) is 3.91. The van der Waals surface area contributed by atoms with Crippen molar-refractivity contribution in [3.8, 4) is 0 Å². The molecule has 0 radical (unpaired) electrons. The Balaban J connectivity index is 2.02. The van der Waals surface area contributed by atoms with Gasteiger partial charge in [-0.05, 0) is 62.2 Å². The summed E-state index contributed by atoms with van der Waals surface area (Å²) < 4.78 is 0. The van der Waals surface area contributed by atoms with Crippen LogP contribution in [0.1, 0.15) is 52.4 Å². The van der Waals surface area contributed by atoms with Gasteiger partial charge < -0.3 is 10.2 Å². The van der Waals surface area contributed by atoms with Gasteiger partial charge in [0.2, 0.25) is 0 Å². The minimum atomic E-state index is -0.166. The van der Waals surface area contributed by atoms with Gasteiger partial charge in [-0.25, -0.2) is 0 Å². The zero-order valence-electron chi connectivity index (χ0n) is 10.6. The molecule has 0 bridgehead atoms. The van der Waals surface area contributed by atoms with Crippen molar-refractivity contribution < 1.29 is 10.2 Å². The lowest BCUT2D eigenvalue weighted by atomic mass is 9.66. The van der Waals surface area contributed by atoms with E-state index in [4.69, 9.17) is 0 Å². The van der Waals surface area contributed by atoms with Gasteiger partial charge in [-0.3, -0.25) is 0 Å².